The second-order valence-corrected chi connectivity index (χ2v) is 6.27. The molecule has 5 nitrogen and oxygen atoms in total. The van der Waals surface area contributed by atoms with Crippen LogP contribution >= 0.6 is 31.9 Å². The van der Waals surface area contributed by atoms with Crippen LogP contribution < -0.4 is 10.1 Å². The van der Waals surface area contributed by atoms with Crippen LogP contribution in [0.15, 0.2) is 26.8 Å². The predicted molar refractivity (Wildman–Crippen MR) is 91.7 cm³/mol. The molecule has 1 aromatic carbocycles. The molecule has 0 aliphatic heterocycles. The van der Waals surface area contributed by atoms with E-state index in [1.807, 2.05) is 0 Å². The van der Waals surface area contributed by atoms with E-state index in [4.69, 9.17) is 9.84 Å². The standard InChI is InChI=1S/C15H17Br2NO4/c1-3-4-5-22-14-11(16)6-10(7-12(14)17)8-13(15(20)21)18-9(2)19/h6-8H,3-5H2,1-2H3,(H,18,19)(H,20,21). The Morgan fingerprint density at radius 2 is 1.91 bits per heavy atom. The summed E-state index contributed by atoms with van der Waals surface area (Å²) >= 11 is 6.82. The Morgan fingerprint density at radius 3 is 2.36 bits per heavy atom. The number of carbonyl (C=O) groups excluding carboxylic acids is 1. The number of nitrogens with one attached hydrogen (secondary N) is 1. The molecule has 0 aromatic heterocycles. The monoisotopic (exact) mass is 433 g/mol. The maximum absolute atomic E-state index is 11.1. The van der Waals surface area contributed by atoms with Crippen molar-refractivity contribution in [2.45, 2.75) is 26.7 Å². The van der Waals surface area contributed by atoms with Crippen LogP contribution in [-0.2, 0) is 9.59 Å². The molecule has 1 rings (SSSR count). The van der Waals surface area contributed by atoms with Crippen LogP contribution in [0.4, 0.5) is 0 Å². The second kappa shape index (κ2) is 8.95. The van der Waals surface area contributed by atoms with Gasteiger partial charge in [-0.15, -0.1) is 0 Å². The normalized spacial score (nSPS) is 11.2. The summed E-state index contributed by atoms with van der Waals surface area (Å²) in [6.07, 6.45) is 3.37. The Bertz CT molecular complexity index is 576. The fraction of sp³-hybridized carbons (Fsp3) is 0.333. The lowest BCUT2D eigenvalue weighted by Gasteiger charge is -2.11. The zero-order valence-corrected chi connectivity index (χ0v) is 15.5. The Kier molecular flexibility index (Phi) is 7.61. The lowest BCUT2D eigenvalue weighted by molar-refractivity contribution is -0.134. The summed E-state index contributed by atoms with van der Waals surface area (Å²) < 4.78 is 7.09. The van der Waals surface area contributed by atoms with E-state index in [0.717, 1.165) is 12.8 Å². The second-order valence-electron chi connectivity index (χ2n) is 4.56. The molecule has 0 unspecified atom stereocenters. The Morgan fingerprint density at radius 1 is 1.32 bits per heavy atom. The summed E-state index contributed by atoms with van der Waals surface area (Å²) in [6.45, 7) is 3.94. The first-order chi connectivity index (χ1) is 10.3. The van der Waals surface area contributed by atoms with Crippen molar-refractivity contribution in [1.82, 2.24) is 5.32 Å². The highest BCUT2D eigenvalue weighted by atomic mass is 79.9. The van der Waals surface area contributed by atoms with Gasteiger partial charge in [-0.05, 0) is 62.1 Å². The maximum Gasteiger partial charge on any atom is 0.352 e. The highest BCUT2D eigenvalue weighted by Crippen LogP contribution is 2.35. The summed E-state index contributed by atoms with van der Waals surface area (Å²) in [5.41, 5.74) is 0.429. The number of benzene rings is 1. The summed E-state index contributed by atoms with van der Waals surface area (Å²) in [6, 6.07) is 3.47. The number of unbranched alkanes of at least 4 members (excludes halogenated alkanes) is 1. The minimum atomic E-state index is -1.20. The number of carboxylic acids is 1. The van der Waals surface area contributed by atoms with Gasteiger partial charge in [0.15, 0.2) is 0 Å². The maximum atomic E-state index is 11.1. The topological polar surface area (TPSA) is 75.6 Å². The number of carboxylic acid groups (broad SMARTS) is 1. The van der Waals surface area contributed by atoms with Crippen molar-refractivity contribution >= 4 is 49.8 Å². The van der Waals surface area contributed by atoms with Gasteiger partial charge in [0.1, 0.15) is 11.4 Å². The number of amides is 1. The number of aliphatic carboxylic acids is 1. The molecule has 0 bridgehead atoms. The molecule has 0 saturated carbocycles. The van der Waals surface area contributed by atoms with E-state index in [0.29, 0.717) is 26.9 Å². The van der Waals surface area contributed by atoms with Crippen molar-refractivity contribution in [2.24, 2.45) is 0 Å². The van der Waals surface area contributed by atoms with E-state index < -0.39 is 11.9 Å². The Balaban J connectivity index is 3.06. The molecular weight excluding hydrogens is 418 g/mol. The zero-order valence-electron chi connectivity index (χ0n) is 12.3. The molecule has 0 fully saturated rings. The first-order valence-corrected chi connectivity index (χ1v) is 8.28. The van der Waals surface area contributed by atoms with E-state index in [1.165, 1.54) is 13.0 Å². The third-order valence-electron chi connectivity index (χ3n) is 2.62. The van der Waals surface area contributed by atoms with Gasteiger partial charge in [-0.25, -0.2) is 4.79 Å². The Labute approximate surface area is 146 Å². The lowest BCUT2D eigenvalue weighted by atomic mass is 10.2. The molecule has 0 heterocycles. The molecule has 120 valence electrons. The molecule has 0 radical (unpaired) electrons. The van der Waals surface area contributed by atoms with E-state index in [1.54, 1.807) is 12.1 Å². The van der Waals surface area contributed by atoms with E-state index in [9.17, 15) is 9.59 Å². The quantitative estimate of drug-likeness (QED) is 0.503. The minimum absolute atomic E-state index is 0.189. The van der Waals surface area contributed by atoms with Gasteiger partial charge in [-0.3, -0.25) is 4.79 Å². The molecule has 0 saturated heterocycles. The highest BCUT2D eigenvalue weighted by molar-refractivity contribution is 9.11. The molecule has 7 heteroatoms. The SMILES string of the molecule is CCCCOc1c(Br)cc(C=C(NC(C)=O)C(=O)O)cc1Br. The van der Waals surface area contributed by atoms with Gasteiger partial charge < -0.3 is 15.2 Å². The zero-order chi connectivity index (χ0) is 16.7. The summed E-state index contributed by atoms with van der Waals surface area (Å²) in [4.78, 5) is 22.1. The van der Waals surface area contributed by atoms with Crippen molar-refractivity contribution in [1.29, 1.82) is 0 Å². The van der Waals surface area contributed by atoms with Gasteiger partial charge in [0, 0.05) is 6.92 Å². The number of hydrogen-bond acceptors (Lipinski definition) is 3. The van der Waals surface area contributed by atoms with Gasteiger partial charge in [-0.1, -0.05) is 13.3 Å². The Hall–Kier alpha value is -1.34. The molecular formula is C15H17Br2NO4. The van der Waals surface area contributed by atoms with Crippen LogP contribution in [0, 0.1) is 0 Å². The summed E-state index contributed by atoms with van der Waals surface area (Å²) in [7, 11) is 0. The summed E-state index contributed by atoms with van der Waals surface area (Å²) in [5.74, 6) is -0.973. The molecule has 0 spiro atoms. The van der Waals surface area contributed by atoms with Crippen LogP contribution in [-0.4, -0.2) is 23.6 Å². The number of carbonyl (C=O) groups is 2. The molecule has 0 atom stereocenters. The minimum Gasteiger partial charge on any atom is -0.491 e. The van der Waals surface area contributed by atoms with Crippen LogP contribution in [0.3, 0.4) is 0 Å². The average Bonchev–Trinajstić information content (AvgIpc) is 2.40. The van der Waals surface area contributed by atoms with Crippen LogP contribution in [0.25, 0.3) is 6.08 Å². The predicted octanol–water partition coefficient (Wildman–Crippen LogP) is 3.95. The third kappa shape index (κ3) is 5.81. The van der Waals surface area contributed by atoms with E-state index >= 15 is 0 Å². The fourth-order valence-electron chi connectivity index (χ4n) is 1.63. The molecule has 0 aliphatic rings. The molecule has 1 amide bonds. The van der Waals surface area contributed by atoms with E-state index in [2.05, 4.69) is 44.1 Å². The largest absolute Gasteiger partial charge is 0.491 e. The molecule has 1 aromatic rings. The van der Waals surface area contributed by atoms with Crippen LogP contribution in [0.2, 0.25) is 0 Å². The average molecular weight is 435 g/mol. The number of hydrogen-bond donors (Lipinski definition) is 2. The number of rotatable bonds is 7. The van der Waals surface area contributed by atoms with Crippen molar-refractivity contribution in [2.75, 3.05) is 6.61 Å². The molecule has 2 N–H and O–H groups in total. The van der Waals surface area contributed by atoms with Crippen LogP contribution in [0.1, 0.15) is 32.3 Å². The third-order valence-corrected chi connectivity index (χ3v) is 3.80. The highest BCUT2D eigenvalue weighted by Gasteiger charge is 2.12. The molecule has 0 aliphatic carbocycles. The first-order valence-electron chi connectivity index (χ1n) is 6.69. The number of halogens is 2. The summed E-state index contributed by atoms with van der Waals surface area (Å²) in [5, 5.41) is 11.4. The number of ether oxygens (including phenoxy) is 1. The molecule has 22 heavy (non-hydrogen) atoms. The lowest BCUT2D eigenvalue weighted by Crippen LogP contribution is -2.24. The van der Waals surface area contributed by atoms with Crippen molar-refractivity contribution < 1.29 is 19.4 Å². The van der Waals surface area contributed by atoms with Gasteiger partial charge in [0.25, 0.3) is 0 Å². The van der Waals surface area contributed by atoms with Gasteiger partial charge >= 0.3 is 5.97 Å². The van der Waals surface area contributed by atoms with Crippen molar-refractivity contribution in [3.63, 3.8) is 0 Å². The van der Waals surface area contributed by atoms with Crippen molar-refractivity contribution in [3.8, 4) is 5.75 Å². The van der Waals surface area contributed by atoms with Crippen LogP contribution in [0.5, 0.6) is 5.75 Å². The first kappa shape index (κ1) is 18.7. The van der Waals surface area contributed by atoms with Gasteiger partial charge in [-0.2, -0.15) is 0 Å². The van der Waals surface area contributed by atoms with Gasteiger partial charge in [0.05, 0.1) is 15.6 Å². The fourth-order valence-corrected chi connectivity index (χ4v) is 3.08. The van der Waals surface area contributed by atoms with Gasteiger partial charge in [0.2, 0.25) is 5.91 Å². The van der Waals surface area contributed by atoms with Crippen molar-refractivity contribution in [3.05, 3.63) is 32.3 Å². The van der Waals surface area contributed by atoms with E-state index in [-0.39, 0.29) is 5.70 Å². The smallest absolute Gasteiger partial charge is 0.352 e.